The van der Waals surface area contributed by atoms with Crippen LogP contribution < -0.4 is 5.73 Å². The summed E-state index contributed by atoms with van der Waals surface area (Å²) in [6.07, 6.45) is 5.01. The summed E-state index contributed by atoms with van der Waals surface area (Å²) in [5.41, 5.74) is 6.75. The molecule has 1 fully saturated rings. The highest BCUT2D eigenvalue weighted by atomic mass is 35.5. The molecule has 3 nitrogen and oxygen atoms in total. The van der Waals surface area contributed by atoms with E-state index in [1.165, 1.54) is 6.20 Å². The van der Waals surface area contributed by atoms with Crippen molar-refractivity contribution in [2.45, 2.75) is 25.4 Å². The van der Waals surface area contributed by atoms with E-state index in [1.54, 1.807) is 12.3 Å². The Bertz CT molecular complexity index is 327. The van der Waals surface area contributed by atoms with Crippen molar-refractivity contribution in [3.05, 3.63) is 29.8 Å². The van der Waals surface area contributed by atoms with Gasteiger partial charge in [0, 0.05) is 18.8 Å². The fraction of sp³-hybridized carbons (Fsp3) is 0.545. The molecule has 16 heavy (non-hydrogen) atoms. The molecule has 1 aliphatic rings. The van der Waals surface area contributed by atoms with Crippen molar-refractivity contribution < 1.29 is 4.39 Å². The highest BCUT2D eigenvalue weighted by Crippen LogP contribution is 2.12. The first-order valence-corrected chi connectivity index (χ1v) is 5.31. The number of halogens is 2. The van der Waals surface area contributed by atoms with Gasteiger partial charge in [-0.25, -0.2) is 4.39 Å². The van der Waals surface area contributed by atoms with Crippen LogP contribution in [0.1, 0.15) is 18.4 Å². The Morgan fingerprint density at radius 3 is 2.69 bits per heavy atom. The topological polar surface area (TPSA) is 42.1 Å². The monoisotopic (exact) mass is 245 g/mol. The molecule has 2 heterocycles. The minimum Gasteiger partial charge on any atom is -0.328 e. The second-order valence-electron chi connectivity index (χ2n) is 4.12. The number of rotatable bonds is 2. The van der Waals surface area contributed by atoms with Crippen LogP contribution in [-0.2, 0) is 6.54 Å². The lowest BCUT2D eigenvalue weighted by atomic mass is 10.1. The lowest BCUT2D eigenvalue weighted by Crippen LogP contribution is -2.39. The first-order valence-electron chi connectivity index (χ1n) is 5.31. The van der Waals surface area contributed by atoms with Crippen LogP contribution in [-0.4, -0.2) is 29.0 Å². The van der Waals surface area contributed by atoms with E-state index in [0.717, 1.165) is 38.0 Å². The van der Waals surface area contributed by atoms with Crippen LogP contribution in [0.4, 0.5) is 4.39 Å². The first-order chi connectivity index (χ1) is 7.24. The Kier molecular flexibility index (Phi) is 5.12. The minimum absolute atomic E-state index is 0. The lowest BCUT2D eigenvalue weighted by Gasteiger charge is -2.29. The molecule has 90 valence electrons. The zero-order valence-electron chi connectivity index (χ0n) is 9.10. The fourth-order valence-corrected chi connectivity index (χ4v) is 1.91. The van der Waals surface area contributed by atoms with Crippen LogP contribution in [0.15, 0.2) is 18.5 Å². The summed E-state index contributed by atoms with van der Waals surface area (Å²) in [6, 6.07) is 1.88. The first kappa shape index (κ1) is 13.4. The second-order valence-corrected chi connectivity index (χ2v) is 4.12. The molecule has 0 radical (unpaired) electrons. The Morgan fingerprint density at radius 2 is 2.06 bits per heavy atom. The molecule has 0 aromatic carbocycles. The van der Waals surface area contributed by atoms with Gasteiger partial charge in [0.25, 0.3) is 0 Å². The van der Waals surface area contributed by atoms with E-state index in [4.69, 9.17) is 5.73 Å². The van der Waals surface area contributed by atoms with Crippen molar-refractivity contribution in [2.24, 2.45) is 5.73 Å². The SMILES string of the molecule is Cl.NC1CCN(Cc2cncc(F)c2)CC1. The van der Waals surface area contributed by atoms with Gasteiger partial charge in [0.1, 0.15) is 5.82 Å². The highest BCUT2D eigenvalue weighted by molar-refractivity contribution is 5.85. The maximum atomic E-state index is 12.9. The number of piperidine rings is 1. The molecule has 0 aliphatic carbocycles. The number of nitrogens with zero attached hydrogens (tertiary/aromatic N) is 2. The van der Waals surface area contributed by atoms with E-state index in [-0.39, 0.29) is 18.2 Å². The molecule has 0 saturated carbocycles. The number of pyridine rings is 1. The van der Waals surface area contributed by atoms with Crippen LogP contribution in [0.5, 0.6) is 0 Å². The van der Waals surface area contributed by atoms with Crippen LogP contribution in [0.2, 0.25) is 0 Å². The van der Waals surface area contributed by atoms with Gasteiger partial charge in [0.2, 0.25) is 0 Å². The van der Waals surface area contributed by atoms with Crippen LogP contribution >= 0.6 is 12.4 Å². The van der Waals surface area contributed by atoms with Gasteiger partial charge >= 0.3 is 0 Å². The molecule has 0 amide bonds. The van der Waals surface area contributed by atoms with Crippen LogP contribution in [0.25, 0.3) is 0 Å². The number of hydrogen-bond acceptors (Lipinski definition) is 3. The Morgan fingerprint density at radius 1 is 1.38 bits per heavy atom. The molecule has 0 bridgehead atoms. The largest absolute Gasteiger partial charge is 0.328 e. The number of likely N-dealkylation sites (tertiary alicyclic amines) is 1. The lowest BCUT2D eigenvalue weighted by molar-refractivity contribution is 0.205. The molecule has 1 aliphatic heterocycles. The predicted octanol–water partition coefficient (Wildman–Crippen LogP) is 1.57. The predicted molar refractivity (Wildman–Crippen MR) is 63.9 cm³/mol. The molecule has 1 aromatic rings. The average Bonchev–Trinajstić information content (AvgIpc) is 2.22. The van der Waals surface area contributed by atoms with Gasteiger partial charge in [-0.2, -0.15) is 0 Å². The molecular formula is C11H17ClFN3. The second kappa shape index (κ2) is 6.13. The molecule has 0 unspecified atom stereocenters. The third kappa shape index (κ3) is 3.70. The van der Waals surface area contributed by atoms with Gasteiger partial charge in [-0.05, 0) is 37.6 Å². The van der Waals surface area contributed by atoms with Gasteiger partial charge in [-0.1, -0.05) is 0 Å². The standard InChI is InChI=1S/C11H16FN3.ClH/c12-10-5-9(6-14-7-10)8-15-3-1-11(13)2-4-15;/h5-7,11H,1-4,8,13H2;1H. The molecule has 0 spiro atoms. The van der Waals surface area contributed by atoms with Gasteiger partial charge in [0.05, 0.1) is 6.20 Å². The minimum atomic E-state index is -0.263. The molecule has 2 N–H and O–H groups in total. The van der Waals surface area contributed by atoms with E-state index >= 15 is 0 Å². The number of hydrogen-bond donors (Lipinski definition) is 1. The molecule has 1 saturated heterocycles. The van der Waals surface area contributed by atoms with Crippen molar-refractivity contribution >= 4 is 12.4 Å². The Labute approximate surface area is 101 Å². The maximum Gasteiger partial charge on any atom is 0.141 e. The maximum absolute atomic E-state index is 12.9. The van der Waals surface area contributed by atoms with Crippen molar-refractivity contribution in [3.8, 4) is 0 Å². The van der Waals surface area contributed by atoms with Gasteiger partial charge in [-0.3, -0.25) is 9.88 Å². The summed E-state index contributed by atoms with van der Waals surface area (Å²) >= 11 is 0. The summed E-state index contributed by atoms with van der Waals surface area (Å²) < 4.78 is 12.9. The summed E-state index contributed by atoms with van der Waals surface area (Å²) in [7, 11) is 0. The van der Waals surface area contributed by atoms with Gasteiger partial charge < -0.3 is 5.73 Å². The van der Waals surface area contributed by atoms with E-state index in [1.807, 2.05) is 0 Å². The average molecular weight is 246 g/mol. The van der Waals surface area contributed by atoms with Crippen molar-refractivity contribution in [3.63, 3.8) is 0 Å². The molecule has 1 aromatic heterocycles. The molecule has 0 atom stereocenters. The number of aromatic nitrogens is 1. The molecule has 5 heteroatoms. The van der Waals surface area contributed by atoms with Crippen LogP contribution in [0.3, 0.4) is 0 Å². The zero-order chi connectivity index (χ0) is 10.7. The smallest absolute Gasteiger partial charge is 0.141 e. The Balaban J connectivity index is 0.00000128. The Hall–Kier alpha value is -0.710. The highest BCUT2D eigenvalue weighted by Gasteiger charge is 2.15. The number of nitrogens with two attached hydrogens (primary N) is 1. The van der Waals surface area contributed by atoms with Gasteiger partial charge in [-0.15, -0.1) is 12.4 Å². The molecule has 2 rings (SSSR count). The van der Waals surface area contributed by atoms with E-state index in [9.17, 15) is 4.39 Å². The quantitative estimate of drug-likeness (QED) is 0.860. The van der Waals surface area contributed by atoms with Crippen molar-refractivity contribution in [1.82, 2.24) is 9.88 Å². The van der Waals surface area contributed by atoms with Gasteiger partial charge in [0.15, 0.2) is 0 Å². The molecular weight excluding hydrogens is 229 g/mol. The van der Waals surface area contributed by atoms with Crippen molar-refractivity contribution in [1.29, 1.82) is 0 Å². The van der Waals surface area contributed by atoms with Crippen LogP contribution in [0, 0.1) is 5.82 Å². The van der Waals surface area contributed by atoms with E-state index in [0.29, 0.717) is 6.04 Å². The van der Waals surface area contributed by atoms with E-state index < -0.39 is 0 Å². The van der Waals surface area contributed by atoms with Crippen molar-refractivity contribution in [2.75, 3.05) is 13.1 Å². The fourth-order valence-electron chi connectivity index (χ4n) is 1.91. The summed E-state index contributed by atoms with van der Waals surface area (Å²) in [5.74, 6) is -0.263. The summed E-state index contributed by atoms with van der Waals surface area (Å²) in [4.78, 5) is 6.13. The third-order valence-electron chi connectivity index (χ3n) is 2.80. The summed E-state index contributed by atoms with van der Waals surface area (Å²) in [6.45, 7) is 2.77. The normalized spacial score (nSPS) is 18.1. The third-order valence-corrected chi connectivity index (χ3v) is 2.80. The van der Waals surface area contributed by atoms with E-state index in [2.05, 4.69) is 9.88 Å². The zero-order valence-corrected chi connectivity index (χ0v) is 9.92. The summed E-state index contributed by atoms with van der Waals surface area (Å²) in [5, 5.41) is 0.